The van der Waals surface area contributed by atoms with E-state index < -0.39 is 0 Å². The van der Waals surface area contributed by atoms with E-state index in [1.54, 1.807) is 0 Å². The largest absolute Gasteiger partial charge is 0.371 e. The molecule has 0 radical (unpaired) electrons. The molecule has 0 saturated carbocycles. The summed E-state index contributed by atoms with van der Waals surface area (Å²) in [5.74, 6) is -0.00597. The summed E-state index contributed by atoms with van der Waals surface area (Å²) in [5, 5.41) is 3.79. The third-order valence-corrected chi connectivity index (χ3v) is 5.09. The van der Waals surface area contributed by atoms with Gasteiger partial charge in [-0.1, -0.05) is 41.9 Å². The maximum atomic E-state index is 12.9. The first-order chi connectivity index (χ1) is 12.6. The molecular formula is C21H26ClN3O. The first-order valence-electron chi connectivity index (χ1n) is 9.08. The van der Waals surface area contributed by atoms with Crippen LogP contribution in [0.15, 0.2) is 48.5 Å². The van der Waals surface area contributed by atoms with E-state index in [2.05, 4.69) is 28.4 Å². The zero-order valence-corrected chi connectivity index (χ0v) is 16.2. The van der Waals surface area contributed by atoms with Crippen molar-refractivity contribution in [2.75, 3.05) is 32.1 Å². The van der Waals surface area contributed by atoms with Crippen molar-refractivity contribution >= 4 is 23.2 Å². The molecule has 0 aliphatic carbocycles. The van der Waals surface area contributed by atoms with Gasteiger partial charge in [0.15, 0.2) is 0 Å². The van der Waals surface area contributed by atoms with Crippen LogP contribution in [0.1, 0.15) is 30.0 Å². The summed E-state index contributed by atoms with van der Waals surface area (Å²) in [6.07, 6.45) is 2.47. The Morgan fingerprint density at radius 2 is 1.77 bits per heavy atom. The van der Waals surface area contributed by atoms with Crippen molar-refractivity contribution in [1.29, 1.82) is 0 Å². The van der Waals surface area contributed by atoms with Gasteiger partial charge in [-0.2, -0.15) is 0 Å². The molecule has 0 bridgehead atoms. The number of hydrogen-bond donors (Lipinski definition) is 1. The normalized spacial score (nSPS) is 15.3. The van der Waals surface area contributed by atoms with Gasteiger partial charge in [0, 0.05) is 30.3 Å². The molecule has 1 amide bonds. The number of carbonyl (C=O) groups is 1. The molecule has 1 saturated heterocycles. The van der Waals surface area contributed by atoms with Crippen molar-refractivity contribution in [1.82, 2.24) is 10.2 Å². The Hall–Kier alpha value is -2.04. The Morgan fingerprint density at radius 3 is 2.42 bits per heavy atom. The van der Waals surface area contributed by atoms with Crippen LogP contribution in [0.25, 0.3) is 0 Å². The number of anilines is 1. The van der Waals surface area contributed by atoms with Crippen LogP contribution in [-0.4, -0.2) is 38.0 Å². The fourth-order valence-corrected chi connectivity index (χ4v) is 3.66. The molecule has 5 heteroatoms. The van der Waals surface area contributed by atoms with Crippen molar-refractivity contribution in [3.05, 3.63) is 64.7 Å². The van der Waals surface area contributed by atoms with Gasteiger partial charge in [-0.3, -0.25) is 9.69 Å². The van der Waals surface area contributed by atoms with Crippen LogP contribution >= 0.6 is 11.6 Å². The number of carbonyl (C=O) groups excluding carboxylic acids is 1. The van der Waals surface area contributed by atoms with Crippen LogP contribution in [0, 0.1) is 0 Å². The number of likely N-dealkylation sites (N-methyl/N-ethyl adjacent to an activating group) is 1. The van der Waals surface area contributed by atoms with Crippen molar-refractivity contribution in [2.24, 2.45) is 0 Å². The average molecular weight is 372 g/mol. The molecular weight excluding hydrogens is 346 g/mol. The highest BCUT2D eigenvalue weighted by molar-refractivity contribution is 6.30. The molecule has 2 aromatic carbocycles. The maximum Gasteiger partial charge on any atom is 0.242 e. The number of amides is 1. The smallest absolute Gasteiger partial charge is 0.242 e. The van der Waals surface area contributed by atoms with E-state index in [0.717, 1.165) is 24.2 Å². The standard InChI is InChI=1S/C21H26ClN3O/c1-24(2)20(16-9-11-18(22)12-10-16)21(26)23-15-17-7-3-4-8-19(17)25-13-5-6-14-25/h3-4,7-12,20H,5-6,13-15H2,1-2H3,(H,23,26). The second-order valence-corrected chi connectivity index (χ2v) is 7.39. The molecule has 0 spiro atoms. The lowest BCUT2D eigenvalue weighted by Gasteiger charge is -2.25. The molecule has 4 nitrogen and oxygen atoms in total. The number of para-hydroxylation sites is 1. The van der Waals surface area contributed by atoms with Gasteiger partial charge in [0.1, 0.15) is 6.04 Å². The predicted molar refractivity (Wildman–Crippen MR) is 108 cm³/mol. The zero-order chi connectivity index (χ0) is 18.5. The Kier molecular flexibility index (Phi) is 6.17. The van der Waals surface area contributed by atoms with E-state index in [9.17, 15) is 4.79 Å². The Bertz CT molecular complexity index is 739. The molecule has 3 rings (SSSR count). The van der Waals surface area contributed by atoms with Crippen LogP contribution in [0.5, 0.6) is 0 Å². The summed E-state index contributed by atoms with van der Waals surface area (Å²) in [4.78, 5) is 17.2. The Morgan fingerprint density at radius 1 is 1.12 bits per heavy atom. The van der Waals surface area contributed by atoms with E-state index in [4.69, 9.17) is 11.6 Å². The number of nitrogens with one attached hydrogen (secondary N) is 1. The summed E-state index contributed by atoms with van der Waals surface area (Å²) in [7, 11) is 3.83. The first kappa shape index (κ1) is 18.7. The number of rotatable bonds is 6. The van der Waals surface area contributed by atoms with Gasteiger partial charge in [-0.15, -0.1) is 0 Å². The fourth-order valence-electron chi connectivity index (χ4n) is 3.53. The highest BCUT2D eigenvalue weighted by Crippen LogP contribution is 2.25. The molecule has 1 atom stereocenters. The molecule has 1 aliphatic heterocycles. The lowest BCUT2D eigenvalue weighted by Crippen LogP contribution is -2.37. The molecule has 1 heterocycles. The SMILES string of the molecule is CN(C)C(C(=O)NCc1ccccc1N1CCCC1)c1ccc(Cl)cc1. The number of halogens is 1. The number of hydrogen-bond acceptors (Lipinski definition) is 3. The summed E-state index contributed by atoms with van der Waals surface area (Å²) in [6, 6.07) is 15.5. The fraction of sp³-hybridized carbons (Fsp3) is 0.381. The van der Waals surface area contributed by atoms with Crippen LogP contribution < -0.4 is 10.2 Å². The van der Waals surface area contributed by atoms with Gasteiger partial charge >= 0.3 is 0 Å². The summed E-state index contributed by atoms with van der Waals surface area (Å²) in [6.45, 7) is 2.72. The van der Waals surface area contributed by atoms with Gasteiger partial charge in [0.2, 0.25) is 5.91 Å². The second kappa shape index (κ2) is 8.56. The lowest BCUT2D eigenvalue weighted by molar-refractivity contribution is -0.125. The number of benzene rings is 2. The predicted octanol–water partition coefficient (Wildman–Crippen LogP) is 3.86. The van der Waals surface area contributed by atoms with Crippen molar-refractivity contribution in [3.63, 3.8) is 0 Å². The van der Waals surface area contributed by atoms with E-state index in [1.165, 1.54) is 18.5 Å². The maximum absolute atomic E-state index is 12.9. The Labute approximate surface area is 160 Å². The molecule has 2 aromatic rings. The minimum absolute atomic E-state index is 0.00597. The molecule has 138 valence electrons. The summed E-state index contributed by atoms with van der Waals surface area (Å²) >= 11 is 5.98. The molecule has 1 unspecified atom stereocenters. The highest BCUT2D eigenvalue weighted by atomic mass is 35.5. The first-order valence-corrected chi connectivity index (χ1v) is 9.46. The Balaban J connectivity index is 1.72. The van der Waals surface area contributed by atoms with Crippen LogP contribution in [0.3, 0.4) is 0 Å². The van der Waals surface area contributed by atoms with Gasteiger partial charge in [-0.05, 0) is 56.3 Å². The number of nitrogens with zero attached hydrogens (tertiary/aromatic N) is 2. The van der Waals surface area contributed by atoms with Crippen LogP contribution in [-0.2, 0) is 11.3 Å². The quantitative estimate of drug-likeness (QED) is 0.837. The van der Waals surface area contributed by atoms with E-state index in [1.807, 2.05) is 49.3 Å². The van der Waals surface area contributed by atoms with Gasteiger partial charge in [0.05, 0.1) is 0 Å². The zero-order valence-electron chi connectivity index (χ0n) is 15.4. The molecule has 0 aromatic heterocycles. The van der Waals surface area contributed by atoms with Gasteiger partial charge < -0.3 is 10.2 Å². The van der Waals surface area contributed by atoms with Gasteiger partial charge in [-0.25, -0.2) is 0 Å². The van der Waals surface area contributed by atoms with Crippen molar-refractivity contribution < 1.29 is 4.79 Å². The average Bonchev–Trinajstić information content (AvgIpc) is 3.16. The van der Waals surface area contributed by atoms with E-state index in [0.29, 0.717) is 11.6 Å². The van der Waals surface area contributed by atoms with E-state index in [-0.39, 0.29) is 11.9 Å². The van der Waals surface area contributed by atoms with Gasteiger partial charge in [0.25, 0.3) is 0 Å². The van der Waals surface area contributed by atoms with Crippen molar-refractivity contribution in [2.45, 2.75) is 25.4 Å². The topological polar surface area (TPSA) is 35.6 Å². The minimum Gasteiger partial charge on any atom is -0.371 e. The molecule has 26 heavy (non-hydrogen) atoms. The molecule has 1 aliphatic rings. The minimum atomic E-state index is -0.341. The lowest BCUT2D eigenvalue weighted by atomic mass is 10.0. The monoisotopic (exact) mass is 371 g/mol. The molecule has 1 fully saturated rings. The molecule has 1 N–H and O–H groups in total. The van der Waals surface area contributed by atoms with Crippen LogP contribution in [0.2, 0.25) is 5.02 Å². The van der Waals surface area contributed by atoms with Crippen molar-refractivity contribution in [3.8, 4) is 0 Å². The summed E-state index contributed by atoms with van der Waals surface area (Å²) < 4.78 is 0. The second-order valence-electron chi connectivity index (χ2n) is 6.96. The van der Waals surface area contributed by atoms with Crippen LogP contribution in [0.4, 0.5) is 5.69 Å². The summed E-state index contributed by atoms with van der Waals surface area (Å²) in [5.41, 5.74) is 3.33. The van der Waals surface area contributed by atoms with E-state index >= 15 is 0 Å². The third-order valence-electron chi connectivity index (χ3n) is 4.84. The third kappa shape index (κ3) is 4.37. The highest BCUT2D eigenvalue weighted by Gasteiger charge is 2.23.